The Bertz CT molecular complexity index is 706. The summed E-state index contributed by atoms with van der Waals surface area (Å²) in [7, 11) is 0. The van der Waals surface area contributed by atoms with Crippen LogP contribution in [-0.4, -0.2) is 74.1 Å². The SMILES string of the molecule is CCN(CC)c1ccc(/C=C2/NC(=O)N(CCCN3CCNCC3)C2=O)cc1. The minimum Gasteiger partial charge on any atom is -0.372 e. The van der Waals surface area contributed by atoms with E-state index in [9.17, 15) is 9.59 Å². The van der Waals surface area contributed by atoms with Crippen LogP contribution >= 0.6 is 0 Å². The molecule has 2 aliphatic heterocycles. The average molecular weight is 386 g/mol. The summed E-state index contributed by atoms with van der Waals surface area (Å²) in [4.78, 5) is 30.8. The second kappa shape index (κ2) is 9.71. The number of nitrogens with one attached hydrogen (secondary N) is 2. The second-order valence-electron chi connectivity index (χ2n) is 7.15. The molecule has 2 saturated heterocycles. The molecule has 0 radical (unpaired) electrons. The third kappa shape index (κ3) is 4.91. The molecule has 0 aliphatic carbocycles. The van der Waals surface area contributed by atoms with E-state index < -0.39 is 0 Å². The highest BCUT2D eigenvalue weighted by atomic mass is 16.2. The number of benzene rings is 1. The van der Waals surface area contributed by atoms with Gasteiger partial charge in [-0.1, -0.05) is 12.1 Å². The van der Waals surface area contributed by atoms with Crippen molar-refractivity contribution >= 4 is 23.7 Å². The van der Waals surface area contributed by atoms with Crippen molar-refractivity contribution in [2.75, 3.05) is 57.3 Å². The van der Waals surface area contributed by atoms with Gasteiger partial charge in [-0.25, -0.2) is 4.79 Å². The number of imide groups is 1. The molecule has 0 bridgehead atoms. The van der Waals surface area contributed by atoms with Crippen molar-refractivity contribution in [1.82, 2.24) is 20.4 Å². The maximum atomic E-state index is 12.6. The Hall–Kier alpha value is -2.38. The molecule has 0 aromatic heterocycles. The van der Waals surface area contributed by atoms with Gasteiger partial charge in [-0.3, -0.25) is 9.69 Å². The molecule has 0 atom stereocenters. The van der Waals surface area contributed by atoms with Gasteiger partial charge in [-0.15, -0.1) is 0 Å². The third-order valence-corrected chi connectivity index (χ3v) is 5.36. The van der Waals surface area contributed by atoms with E-state index in [0.29, 0.717) is 12.2 Å². The number of nitrogens with zero attached hydrogens (tertiary/aromatic N) is 3. The van der Waals surface area contributed by atoms with Gasteiger partial charge in [0.25, 0.3) is 5.91 Å². The van der Waals surface area contributed by atoms with Gasteiger partial charge in [-0.05, 0) is 50.6 Å². The van der Waals surface area contributed by atoms with Crippen LogP contribution in [-0.2, 0) is 4.79 Å². The molecule has 7 heteroatoms. The lowest BCUT2D eigenvalue weighted by Gasteiger charge is -2.27. The largest absolute Gasteiger partial charge is 0.372 e. The minimum atomic E-state index is -0.323. The molecule has 7 nitrogen and oxygen atoms in total. The molecule has 2 aliphatic rings. The molecule has 2 N–H and O–H groups in total. The number of carbonyl (C=O) groups is 2. The van der Waals surface area contributed by atoms with E-state index >= 15 is 0 Å². The molecule has 28 heavy (non-hydrogen) atoms. The zero-order chi connectivity index (χ0) is 19.9. The first-order valence-corrected chi connectivity index (χ1v) is 10.2. The monoisotopic (exact) mass is 385 g/mol. The van der Waals surface area contributed by atoms with Crippen LogP contribution in [0.25, 0.3) is 6.08 Å². The molecule has 0 unspecified atom stereocenters. The predicted molar refractivity (Wildman–Crippen MR) is 112 cm³/mol. The molecule has 1 aromatic rings. The number of urea groups is 1. The predicted octanol–water partition coefficient (Wildman–Crippen LogP) is 1.72. The molecule has 3 amide bonds. The van der Waals surface area contributed by atoms with Gasteiger partial charge >= 0.3 is 6.03 Å². The molecule has 1 aromatic carbocycles. The van der Waals surface area contributed by atoms with Crippen molar-refractivity contribution < 1.29 is 9.59 Å². The van der Waals surface area contributed by atoms with E-state index in [1.54, 1.807) is 6.08 Å². The van der Waals surface area contributed by atoms with E-state index in [0.717, 1.165) is 63.5 Å². The molecule has 2 heterocycles. The zero-order valence-corrected chi connectivity index (χ0v) is 16.9. The Morgan fingerprint density at radius 3 is 2.36 bits per heavy atom. The maximum absolute atomic E-state index is 12.6. The lowest BCUT2D eigenvalue weighted by molar-refractivity contribution is -0.122. The normalized spacial score (nSPS) is 19.4. The fourth-order valence-electron chi connectivity index (χ4n) is 3.70. The van der Waals surface area contributed by atoms with Crippen molar-refractivity contribution in [3.8, 4) is 0 Å². The number of carbonyl (C=O) groups excluding carboxylic acids is 2. The van der Waals surface area contributed by atoms with Crippen molar-refractivity contribution in [1.29, 1.82) is 0 Å². The van der Waals surface area contributed by atoms with E-state index in [1.165, 1.54) is 4.90 Å². The maximum Gasteiger partial charge on any atom is 0.329 e. The van der Waals surface area contributed by atoms with Crippen molar-refractivity contribution in [2.45, 2.75) is 20.3 Å². The number of rotatable bonds is 8. The summed E-state index contributed by atoms with van der Waals surface area (Å²) in [5.74, 6) is -0.238. The Morgan fingerprint density at radius 2 is 1.71 bits per heavy atom. The van der Waals surface area contributed by atoms with Gasteiger partial charge in [0.2, 0.25) is 0 Å². The number of amides is 3. The molecule has 152 valence electrons. The fraction of sp³-hybridized carbons (Fsp3) is 0.524. The van der Waals surface area contributed by atoms with Crippen LogP contribution in [0.15, 0.2) is 30.0 Å². The highest BCUT2D eigenvalue weighted by Crippen LogP contribution is 2.18. The lowest BCUT2D eigenvalue weighted by atomic mass is 10.1. The van der Waals surface area contributed by atoms with Gasteiger partial charge in [0.1, 0.15) is 5.70 Å². The average Bonchev–Trinajstić information content (AvgIpc) is 2.98. The first-order valence-electron chi connectivity index (χ1n) is 10.2. The van der Waals surface area contributed by atoms with Gasteiger partial charge < -0.3 is 20.4 Å². The van der Waals surface area contributed by atoms with Crippen LogP contribution in [0.4, 0.5) is 10.5 Å². The van der Waals surface area contributed by atoms with Crippen LogP contribution in [0, 0.1) is 0 Å². The van der Waals surface area contributed by atoms with Crippen LogP contribution < -0.4 is 15.5 Å². The summed E-state index contributed by atoms with van der Waals surface area (Å²) in [5, 5.41) is 6.04. The van der Waals surface area contributed by atoms with Gasteiger partial charge in [0.05, 0.1) is 0 Å². The molecule has 0 spiro atoms. The number of anilines is 1. The summed E-state index contributed by atoms with van der Waals surface area (Å²) in [6.07, 6.45) is 2.55. The van der Waals surface area contributed by atoms with E-state index in [4.69, 9.17) is 0 Å². The second-order valence-corrected chi connectivity index (χ2v) is 7.15. The van der Waals surface area contributed by atoms with Gasteiger partial charge in [0.15, 0.2) is 0 Å². The van der Waals surface area contributed by atoms with Crippen molar-refractivity contribution in [3.63, 3.8) is 0 Å². The Kier molecular flexibility index (Phi) is 7.06. The summed E-state index contributed by atoms with van der Waals surface area (Å²) < 4.78 is 0. The van der Waals surface area contributed by atoms with E-state index in [1.807, 2.05) is 24.3 Å². The Labute approximate surface area is 167 Å². The first-order chi connectivity index (χ1) is 13.6. The number of hydrogen-bond acceptors (Lipinski definition) is 5. The summed E-state index contributed by atoms with van der Waals surface area (Å²) in [5.41, 5.74) is 2.41. The van der Waals surface area contributed by atoms with Crippen molar-refractivity contribution in [2.24, 2.45) is 0 Å². The van der Waals surface area contributed by atoms with E-state index in [2.05, 4.69) is 34.3 Å². The van der Waals surface area contributed by atoms with Gasteiger partial charge in [0, 0.05) is 51.5 Å². The third-order valence-electron chi connectivity index (χ3n) is 5.36. The summed E-state index contributed by atoms with van der Waals surface area (Å²) in [6, 6.07) is 7.73. The molecular formula is C21H31N5O2. The van der Waals surface area contributed by atoms with Crippen LogP contribution in [0.5, 0.6) is 0 Å². The van der Waals surface area contributed by atoms with Gasteiger partial charge in [-0.2, -0.15) is 0 Å². The highest BCUT2D eigenvalue weighted by molar-refractivity contribution is 6.13. The topological polar surface area (TPSA) is 67.9 Å². The Morgan fingerprint density at radius 1 is 1.04 bits per heavy atom. The summed E-state index contributed by atoms with van der Waals surface area (Å²) >= 11 is 0. The lowest BCUT2D eigenvalue weighted by Crippen LogP contribution is -2.44. The first kappa shape index (κ1) is 20.4. The highest BCUT2D eigenvalue weighted by Gasteiger charge is 2.33. The number of hydrogen-bond donors (Lipinski definition) is 2. The zero-order valence-electron chi connectivity index (χ0n) is 16.9. The number of piperazine rings is 1. The molecule has 0 saturated carbocycles. The molecule has 3 rings (SSSR count). The fourth-order valence-corrected chi connectivity index (χ4v) is 3.70. The van der Waals surface area contributed by atoms with Crippen LogP contribution in [0.1, 0.15) is 25.8 Å². The molecular weight excluding hydrogens is 354 g/mol. The van der Waals surface area contributed by atoms with Crippen molar-refractivity contribution in [3.05, 3.63) is 35.5 Å². The summed E-state index contributed by atoms with van der Waals surface area (Å²) in [6.45, 7) is 11.6. The quantitative estimate of drug-likeness (QED) is 0.527. The smallest absolute Gasteiger partial charge is 0.329 e. The van der Waals surface area contributed by atoms with Crippen LogP contribution in [0.3, 0.4) is 0 Å². The van der Waals surface area contributed by atoms with E-state index in [-0.39, 0.29) is 11.9 Å². The minimum absolute atomic E-state index is 0.238. The Balaban J connectivity index is 1.57. The standard InChI is InChI=1S/C21H31N5O2/c1-3-25(4-2)18-8-6-17(7-9-18)16-19-20(27)26(21(28)23-19)13-5-12-24-14-10-22-11-15-24/h6-9,16,22H,3-5,10-15H2,1-2H3,(H,23,28)/b19-16+. The van der Waals surface area contributed by atoms with Crippen LogP contribution in [0.2, 0.25) is 0 Å². The molecule has 2 fully saturated rings.